The van der Waals surface area contributed by atoms with Crippen molar-refractivity contribution in [3.8, 4) is 0 Å². The van der Waals surface area contributed by atoms with Crippen LogP contribution in [-0.2, 0) is 17.9 Å². The second kappa shape index (κ2) is 8.14. The van der Waals surface area contributed by atoms with E-state index in [9.17, 15) is 14.4 Å². The Kier molecular flexibility index (Phi) is 5.24. The Morgan fingerprint density at radius 1 is 1.00 bits per heavy atom. The number of benzene rings is 2. The number of aromatic amines is 1. The van der Waals surface area contributed by atoms with Crippen molar-refractivity contribution in [2.24, 2.45) is 0 Å². The molecule has 0 aliphatic rings. The van der Waals surface area contributed by atoms with E-state index in [0.29, 0.717) is 17.4 Å². The van der Waals surface area contributed by atoms with Gasteiger partial charge in [-0.25, -0.2) is 9.78 Å². The van der Waals surface area contributed by atoms with E-state index in [-0.39, 0.29) is 18.9 Å². The molecule has 4 aromatic rings. The lowest BCUT2D eigenvalue weighted by atomic mass is 10.2. The van der Waals surface area contributed by atoms with E-state index < -0.39 is 11.2 Å². The zero-order valence-corrected chi connectivity index (χ0v) is 15.8. The number of carbonyl (C=O) groups excluding carboxylic acids is 1. The molecule has 29 heavy (non-hydrogen) atoms. The standard InChI is InChI=1S/C21H21N5O3/c27-19(22-11-5-12-25-14-23-16-7-2-4-9-18(16)25)10-13-26-17-8-3-1-6-15(17)20(28)24-21(26)29/h1-4,6-9,14H,5,10-13H2,(H,22,27)(H,24,28,29). The first-order chi connectivity index (χ1) is 14.1. The van der Waals surface area contributed by atoms with Crippen molar-refractivity contribution >= 4 is 27.8 Å². The lowest BCUT2D eigenvalue weighted by molar-refractivity contribution is -0.121. The van der Waals surface area contributed by atoms with Crippen molar-refractivity contribution in [2.75, 3.05) is 6.54 Å². The number of imidazole rings is 1. The van der Waals surface area contributed by atoms with Gasteiger partial charge in [-0.3, -0.25) is 19.1 Å². The second-order valence-corrected chi connectivity index (χ2v) is 6.81. The third kappa shape index (κ3) is 3.96. The highest BCUT2D eigenvalue weighted by molar-refractivity contribution is 5.79. The average molecular weight is 391 g/mol. The van der Waals surface area contributed by atoms with Crippen LogP contribution >= 0.6 is 0 Å². The maximum absolute atomic E-state index is 12.2. The molecule has 2 heterocycles. The SMILES string of the molecule is O=C(CCn1c(=O)[nH]c(=O)c2ccccc21)NCCCn1cnc2ccccc21. The van der Waals surface area contributed by atoms with Crippen molar-refractivity contribution in [3.05, 3.63) is 75.7 Å². The quantitative estimate of drug-likeness (QED) is 0.468. The minimum atomic E-state index is -0.506. The fourth-order valence-electron chi connectivity index (χ4n) is 3.43. The van der Waals surface area contributed by atoms with E-state index in [1.807, 2.05) is 24.3 Å². The zero-order chi connectivity index (χ0) is 20.2. The molecular weight excluding hydrogens is 370 g/mol. The van der Waals surface area contributed by atoms with Crippen molar-refractivity contribution in [3.63, 3.8) is 0 Å². The highest BCUT2D eigenvalue weighted by Gasteiger charge is 2.09. The van der Waals surface area contributed by atoms with Crippen LogP contribution in [0.3, 0.4) is 0 Å². The molecule has 8 nitrogen and oxygen atoms in total. The minimum Gasteiger partial charge on any atom is -0.356 e. The molecule has 0 aliphatic carbocycles. The molecule has 0 saturated carbocycles. The lowest BCUT2D eigenvalue weighted by Crippen LogP contribution is -2.32. The summed E-state index contributed by atoms with van der Waals surface area (Å²) >= 11 is 0. The van der Waals surface area contributed by atoms with Gasteiger partial charge in [-0.1, -0.05) is 24.3 Å². The summed E-state index contributed by atoms with van der Waals surface area (Å²) in [6, 6.07) is 14.8. The topological polar surface area (TPSA) is 102 Å². The molecule has 4 rings (SSSR count). The van der Waals surface area contributed by atoms with E-state index >= 15 is 0 Å². The van der Waals surface area contributed by atoms with Gasteiger partial charge in [0.2, 0.25) is 5.91 Å². The van der Waals surface area contributed by atoms with Gasteiger partial charge in [0.15, 0.2) is 0 Å². The number of nitrogens with zero attached hydrogens (tertiary/aromatic N) is 3. The number of rotatable bonds is 7. The van der Waals surface area contributed by atoms with Crippen LogP contribution in [0.15, 0.2) is 64.4 Å². The maximum Gasteiger partial charge on any atom is 0.328 e. The number of aromatic nitrogens is 4. The monoisotopic (exact) mass is 391 g/mol. The number of aryl methyl sites for hydroxylation is 2. The van der Waals surface area contributed by atoms with Crippen LogP contribution in [0.25, 0.3) is 21.9 Å². The van der Waals surface area contributed by atoms with Gasteiger partial charge in [0.1, 0.15) is 0 Å². The smallest absolute Gasteiger partial charge is 0.328 e. The van der Waals surface area contributed by atoms with Gasteiger partial charge in [0.25, 0.3) is 5.56 Å². The first kappa shape index (κ1) is 18.7. The molecule has 0 saturated heterocycles. The van der Waals surface area contributed by atoms with Gasteiger partial charge >= 0.3 is 5.69 Å². The average Bonchev–Trinajstić information content (AvgIpc) is 3.14. The summed E-state index contributed by atoms with van der Waals surface area (Å²) in [5.41, 5.74) is 1.63. The summed E-state index contributed by atoms with van der Waals surface area (Å²) < 4.78 is 3.49. The fraction of sp³-hybridized carbons (Fsp3) is 0.238. The number of amides is 1. The molecular formula is C21H21N5O3. The number of nitrogens with one attached hydrogen (secondary N) is 2. The Labute approximate surface area is 165 Å². The maximum atomic E-state index is 12.2. The van der Waals surface area contributed by atoms with E-state index in [0.717, 1.165) is 24.0 Å². The molecule has 0 atom stereocenters. The molecule has 8 heteroatoms. The Balaban J connectivity index is 1.31. The van der Waals surface area contributed by atoms with Gasteiger partial charge in [-0.15, -0.1) is 0 Å². The van der Waals surface area contributed by atoms with Crippen LogP contribution in [0, 0.1) is 0 Å². The molecule has 2 aromatic carbocycles. The zero-order valence-electron chi connectivity index (χ0n) is 15.8. The second-order valence-electron chi connectivity index (χ2n) is 6.81. The summed E-state index contributed by atoms with van der Waals surface area (Å²) in [4.78, 5) is 42.9. The van der Waals surface area contributed by atoms with E-state index in [1.54, 1.807) is 30.6 Å². The van der Waals surface area contributed by atoms with Gasteiger partial charge in [-0.2, -0.15) is 0 Å². The van der Waals surface area contributed by atoms with E-state index in [4.69, 9.17) is 0 Å². The first-order valence-electron chi connectivity index (χ1n) is 9.52. The summed E-state index contributed by atoms with van der Waals surface area (Å²) in [6.07, 6.45) is 2.73. The number of carbonyl (C=O) groups is 1. The Bertz CT molecular complexity index is 1280. The van der Waals surface area contributed by atoms with Crippen molar-refractivity contribution in [1.82, 2.24) is 24.4 Å². The number of hydrogen-bond donors (Lipinski definition) is 2. The predicted molar refractivity (Wildman–Crippen MR) is 111 cm³/mol. The third-order valence-electron chi connectivity index (χ3n) is 4.89. The van der Waals surface area contributed by atoms with Crippen LogP contribution in [0.1, 0.15) is 12.8 Å². The summed E-state index contributed by atoms with van der Waals surface area (Å²) in [5.74, 6) is -0.136. The molecule has 148 valence electrons. The number of H-pyrrole nitrogens is 1. The molecule has 0 spiro atoms. The van der Waals surface area contributed by atoms with Crippen LogP contribution in [0.2, 0.25) is 0 Å². The summed E-state index contributed by atoms with van der Waals surface area (Å²) in [6.45, 7) is 1.49. The number of hydrogen-bond acceptors (Lipinski definition) is 4. The fourth-order valence-corrected chi connectivity index (χ4v) is 3.43. The molecule has 1 amide bonds. The third-order valence-corrected chi connectivity index (χ3v) is 4.89. The minimum absolute atomic E-state index is 0.136. The Hall–Kier alpha value is -3.68. The van der Waals surface area contributed by atoms with Crippen LogP contribution in [-0.4, -0.2) is 31.6 Å². The Morgan fingerprint density at radius 3 is 2.62 bits per heavy atom. The van der Waals surface area contributed by atoms with Crippen molar-refractivity contribution in [1.29, 1.82) is 0 Å². The number of fused-ring (bicyclic) bond motifs is 2. The Morgan fingerprint density at radius 2 is 1.76 bits per heavy atom. The van der Waals surface area contributed by atoms with Gasteiger partial charge < -0.3 is 9.88 Å². The predicted octanol–water partition coefficient (Wildman–Crippen LogP) is 1.64. The molecule has 2 N–H and O–H groups in total. The van der Waals surface area contributed by atoms with Gasteiger partial charge in [-0.05, 0) is 30.7 Å². The van der Waals surface area contributed by atoms with Crippen LogP contribution in [0.4, 0.5) is 0 Å². The molecule has 0 bridgehead atoms. The highest BCUT2D eigenvalue weighted by Crippen LogP contribution is 2.12. The largest absolute Gasteiger partial charge is 0.356 e. The molecule has 0 aliphatic heterocycles. The lowest BCUT2D eigenvalue weighted by Gasteiger charge is -2.10. The number of para-hydroxylation sites is 3. The summed E-state index contributed by atoms with van der Waals surface area (Å²) in [5, 5.41) is 3.31. The highest BCUT2D eigenvalue weighted by atomic mass is 16.2. The molecule has 2 aromatic heterocycles. The van der Waals surface area contributed by atoms with Crippen molar-refractivity contribution in [2.45, 2.75) is 25.9 Å². The van der Waals surface area contributed by atoms with E-state index in [1.165, 1.54) is 4.57 Å². The van der Waals surface area contributed by atoms with Gasteiger partial charge in [0.05, 0.1) is 28.3 Å². The molecule has 0 radical (unpaired) electrons. The van der Waals surface area contributed by atoms with Crippen LogP contribution < -0.4 is 16.6 Å². The summed E-state index contributed by atoms with van der Waals surface area (Å²) in [7, 11) is 0. The van der Waals surface area contributed by atoms with Crippen molar-refractivity contribution < 1.29 is 4.79 Å². The molecule has 0 fully saturated rings. The normalized spacial score (nSPS) is 11.2. The molecule has 0 unspecified atom stereocenters. The van der Waals surface area contributed by atoms with Crippen LogP contribution in [0.5, 0.6) is 0 Å². The van der Waals surface area contributed by atoms with Gasteiger partial charge in [0, 0.05) is 26.1 Å². The first-order valence-corrected chi connectivity index (χ1v) is 9.52. The van der Waals surface area contributed by atoms with E-state index in [2.05, 4.69) is 19.9 Å².